The Morgan fingerprint density at radius 2 is 1.44 bits per heavy atom. The number of carbonyl (C=O) groups excluding carboxylic acids is 3. The second-order valence-electron chi connectivity index (χ2n) is 7.49. The third-order valence-corrected chi connectivity index (χ3v) is 5.26. The third kappa shape index (κ3) is 3.48. The van der Waals surface area contributed by atoms with Gasteiger partial charge in [0.05, 0.1) is 16.8 Å². The first kappa shape index (κ1) is 19.5. The Hall–Kier alpha value is -4.45. The van der Waals surface area contributed by atoms with Crippen molar-refractivity contribution in [1.82, 2.24) is 0 Å². The Morgan fingerprint density at radius 1 is 0.750 bits per heavy atom. The van der Waals surface area contributed by atoms with Crippen LogP contribution in [-0.2, 0) is 4.79 Å². The summed E-state index contributed by atoms with van der Waals surface area (Å²) in [6.07, 6.45) is 0. The van der Waals surface area contributed by atoms with E-state index in [-0.39, 0.29) is 17.7 Å². The molecule has 1 aliphatic rings. The van der Waals surface area contributed by atoms with Crippen LogP contribution in [0.5, 0.6) is 11.5 Å². The molecule has 3 amide bonds. The first-order valence-electron chi connectivity index (χ1n) is 10.1. The van der Waals surface area contributed by atoms with Crippen LogP contribution in [0, 0.1) is 0 Å². The Labute approximate surface area is 184 Å². The predicted octanol–water partition coefficient (Wildman–Crippen LogP) is 5.39. The quantitative estimate of drug-likeness (QED) is 0.447. The molecule has 0 saturated heterocycles. The van der Waals surface area contributed by atoms with Gasteiger partial charge in [-0.1, -0.05) is 30.3 Å². The molecule has 1 heterocycles. The molecule has 0 radical (unpaired) electrons. The van der Waals surface area contributed by atoms with Crippen LogP contribution < -0.4 is 15.0 Å². The summed E-state index contributed by atoms with van der Waals surface area (Å²) in [6, 6.07) is 25.0. The van der Waals surface area contributed by atoms with Crippen LogP contribution in [0.4, 0.5) is 11.4 Å². The summed E-state index contributed by atoms with van der Waals surface area (Å²) < 4.78 is 5.85. The number of nitrogens with one attached hydrogen (secondary N) is 1. The number of ether oxygens (including phenoxy) is 1. The van der Waals surface area contributed by atoms with Gasteiger partial charge in [-0.25, -0.2) is 4.90 Å². The van der Waals surface area contributed by atoms with Crippen molar-refractivity contribution in [3.63, 3.8) is 0 Å². The molecule has 1 N–H and O–H groups in total. The van der Waals surface area contributed by atoms with Crippen molar-refractivity contribution in [3.8, 4) is 11.5 Å². The minimum absolute atomic E-state index is 0.156. The highest BCUT2D eigenvalue weighted by atomic mass is 16.5. The van der Waals surface area contributed by atoms with Crippen molar-refractivity contribution in [2.75, 3.05) is 10.2 Å². The molecule has 32 heavy (non-hydrogen) atoms. The van der Waals surface area contributed by atoms with E-state index in [0.29, 0.717) is 34.0 Å². The molecule has 0 unspecified atom stereocenters. The molecular formula is C26H18N2O4. The number of hydrogen-bond donors (Lipinski definition) is 1. The standard InChI is InChI=1S/C26H18N2O4/c1-16(29)27-19-7-10-21(11-8-19)32-22-12-13-23-24(15-22)26(31)28(25(23)30)20-9-6-17-4-2-3-5-18(17)14-20/h2-15H,1H3,(H,27,29). The van der Waals surface area contributed by atoms with Crippen LogP contribution in [0.25, 0.3) is 10.8 Å². The number of hydrogen-bond acceptors (Lipinski definition) is 4. The Balaban J connectivity index is 1.41. The summed E-state index contributed by atoms with van der Waals surface area (Å²) in [5, 5.41) is 4.68. The Bertz CT molecular complexity index is 1390. The number of rotatable bonds is 4. The lowest BCUT2D eigenvalue weighted by Crippen LogP contribution is -2.29. The normalized spacial score (nSPS) is 12.7. The van der Waals surface area contributed by atoms with E-state index in [2.05, 4.69) is 5.32 Å². The minimum Gasteiger partial charge on any atom is -0.457 e. The Morgan fingerprint density at radius 3 is 2.19 bits per heavy atom. The van der Waals surface area contributed by atoms with Gasteiger partial charge in [0.25, 0.3) is 11.8 Å². The van der Waals surface area contributed by atoms with E-state index in [1.54, 1.807) is 48.5 Å². The summed E-state index contributed by atoms with van der Waals surface area (Å²) in [5.74, 6) is 0.0921. The van der Waals surface area contributed by atoms with Crippen molar-refractivity contribution in [3.05, 3.63) is 96.1 Å². The van der Waals surface area contributed by atoms with E-state index in [4.69, 9.17) is 4.74 Å². The maximum Gasteiger partial charge on any atom is 0.266 e. The molecule has 5 rings (SSSR count). The highest BCUT2D eigenvalue weighted by Crippen LogP contribution is 2.33. The zero-order valence-electron chi connectivity index (χ0n) is 17.2. The van der Waals surface area contributed by atoms with Crippen LogP contribution in [0.2, 0.25) is 0 Å². The number of amides is 3. The summed E-state index contributed by atoms with van der Waals surface area (Å²) >= 11 is 0. The lowest BCUT2D eigenvalue weighted by Gasteiger charge is -2.14. The molecule has 0 fully saturated rings. The molecule has 4 aromatic rings. The van der Waals surface area contributed by atoms with Gasteiger partial charge in [-0.2, -0.15) is 0 Å². The lowest BCUT2D eigenvalue weighted by molar-refractivity contribution is -0.114. The third-order valence-electron chi connectivity index (χ3n) is 5.26. The minimum atomic E-state index is -0.383. The van der Waals surface area contributed by atoms with E-state index >= 15 is 0 Å². The molecule has 0 bridgehead atoms. The smallest absolute Gasteiger partial charge is 0.266 e. The van der Waals surface area contributed by atoms with Gasteiger partial charge in [0.15, 0.2) is 0 Å². The van der Waals surface area contributed by atoms with Crippen molar-refractivity contribution >= 4 is 39.9 Å². The zero-order valence-corrected chi connectivity index (χ0v) is 17.2. The number of nitrogens with zero attached hydrogens (tertiary/aromatic N) is 1. The van der Waals surface area contributed by atoms with Gasteiger partial charge in [0, 0.05) is 12.6 Å². The van der Waals surface area contributed by atoms with E-state index < -0.39 is 0 Å². The summed E-state index contributed by atoms with van der Waals surface area (Å²) in [5.41, 5.74) is 1.84. The molecule has 1 aliphatic heterocycles. The highest BCUT2D eigenvalue weighted by Gasteiger charge is 2.37. The van der Waals surface area contributed by atoms with Crippen molar-refractivity contribution in [2.24, 2.45) is 0 Å². The molecule has 6 nitrogen and oxygen atoms in total. The monoisotopic (exact) mass is 422 g/mol. The molecule has 4 aromatic carbocycles. The first-order chi connectivity index (χ1) is 15.5. The topological polar surface area (TPSA) is 75.7 Å². The van der Waals surface area contributed by atoms with Gasteiger partial charge in [-0.3, -0.25) is 14.4 Å². The molecule has 0 aliphatic carbocycles. The van der Waals surface area contributed by atoms with Gasteiger partial charge in [-0.15, -0.1) is 0 Å². The van der Waals surface area contributed by atoms with Gasteiger partial charge in [0.2, 0.25) is 5.91 Å². The van der Waals surface area contributed by atoms with Crippen molar-refractivity contribution in [1.29, 1.82) is 0 Å². The fraction of sp³-hybridized carbons (Fsp3) is 0.0385. The maximum atomic E-state index is 13.1. The first-order valence-corrected chi connectivity index (χ1v) is 10.1. The van der Waals surface area contributed by atoms with Gasteiger partial charge in [-0.05, 0) is 65.4 Å². The summed E-state index contributed by atoms with van der Waals surface area (Å²) in [4.78, 5) is 38.4. The summed E-state index contributed by atoms with van der Waals surface area (Å²) in [7, 11) is 0. The van der Waals surface area contributed by atoms with Crippen molar-refractivity contribution < 1.29 is 19.1 Å². The second-order valence-corrected chi connectivity index (χ2v) is 7.49. The number of imide groups is 1. The zero-order chi connectivity index (χ0) is 22.2. The van der Waals surface area contributed by atoms with E-state index in [9.17, 15) is 14.4 Å². The maximum absolute atomic E-state index is 13.1. The molecular weight excluding hydrogens is 404 g/mol. The summed E-state index contributed by atoms with van der Waals surface area (Å²) in [6.45, 7) is 1.44. The number of fused-ring (bicyclic) bond motifs is 2. The SMILES string of the molecule is CC(=O)Nc1ccc(Oc2ccc3c(c2)C(=O)N(c2ccc4ccccc4c2)C3=O)cc1. The fourth-order valence-electron chi connectivity index (χ4n) is 3.78. The van der Waals surface area contributed by atoms with E-state index in [0.717, 1.165) is 10.8 Å². The number of benzene rings is 4. The molecule has 0 saturated carbocycles. The van der Waals surface area contributed by atoms with E-state index in [1.807, 2.05) is 36.4 Å². The molecule has 0 atom stereocenters. The van der Waals surface area contributed by atoms with Crippen molar-refractivity contribution in [2.45, 2.75) is 6.92 Å². The molecule has 156 valence electrons. The van der Waals surface area contributed by atoms with Crippen LogP contribution >= 0.6 is 0 Å². The molecule has 0 aromatic heterocycles. The average Bonchev–Trinajstić information content (AvgIpc) is 3.04. The van der Waals surface area contributed by atoms with Crippen LogP contribution in [0.3, 0.4) is 0 Å². The van der Waals surface area contributed by atoms with Gasteiger partial charge < -0.3 is 10.1 Å². The average molecular weight is 422 g/mol. The van der Waals surface area contributed by atoms with Crippen LogP contribution in [0.15, 0.2) is 84.9 Å². The Kier molecular flexibility index (Phi) is 4.67. The number of anilines is 2. The van der Waals surface area contributed by atoms with Gasteiger partial charge in [0.1, 0.15) is 11.5 Å². The highest BCUT2D eigenvalue weighted by molar-refractivity contribution is 6.34. The van der Waals surface area contributed by atoms with E-state index in [1.165, 1.54) is 11.8 Å². The van der Waals surface area contributed by atoms with Crippen LogP contribution in [-0.4, -0.2) is 17.7 Å². The largest absolute Gasteiger partial charge is 0.457 e. The second kappa shape index (κ2) is 7.67. The molecule has 0 spiro atoms. The lowest BCUT2D eigenvalue weighted by atomic mass is 10.1. The van der Waals surface area contributed by atoms with Crippen LogP contribution in [0.1, 0.15) is 27.6 Å². The molecule has 6 heteroatoms. The predicted molar refractivity (Wildman–Crippen MR) is 122 cm³/mol. The fourth-order valence-corrected chi connectivity index (χ4v) is 3.78. The number of carbonyl (C=O) groups is 3. The van der Waals surface area contributed by atoms with Gasteiger partial charge >= 0.3 is 0 Å².